The smallest absolute Gasteiger partial charge is 0.243 e. The van der Waals surface area contributed by atoms with E-state index in [-0.39, 0.29) is 5.91 Å². The van der Waals surface area contributed by atoms with Crippen molar-refractivity contribution in [2.75, 3.05) is 18.0 Å². The third-order valence-electron chi connectivity index (χ3n) is 5.50. The fourth-order valence-electron chi connectivity index (χ4n) is 4.30. The van der Waals surface area contributed by atoms with Gasteiger partial charge >= 0.3 is 0 Å². The van der Waals surface area contributed by atoms with Crippen molar-refractivity contribution in [1.29, 1.82) is 0 Å². The predicted molar refractivity (Wildman–Crippen MR) is 104 cm³/mol. The molecule has 2 aliphatic heterocycles. The highest BCUT2D eigenvalue weighted by Gasteiger charge is 2.54. The average Bonchev–Trinajstić information content (AvgIpc) is 3.39. The number of anilines is 2. The van der Waals surface area contributed by atoms with Gasteiger partial charge in [0.25, 0.3) is 0 Å². The van der Waals surface area contributed by atoms with Crippen molar-refractivity contribution in [2.24, 2.45) is 0 Å². The standard InChI is InChI=1S/C21H19N3OS/c25-20-21(10-11-23(14-21)13-17-12-22-15-26-17)18-8-4-5-9-19(18)24(20)16-6-2-1-3-7-16/h1-9,12,15H,10-11,13-14H2. The van der Waals surface area contributed by atoms with Crippen LogP contribution in [0.15, 0.2) is 66.3 Å². The molecule has 0 radical (unpaired) electrons. The lowest BCUT2D eigenvalue weighted by Crippen LogP contribution is -2.40. The number of aromatic nitrogens is 1. The third kappa shape index (κ3) is 2.31. The van der Waals surface area contributed by atoms with Gasteiger partial charge in [0.15, 0.2) is 0 Å². The summed E-state index contributed by atoms with van der Waals surface area (Å²) in [5.74, 6) is 0.205. The van der Waals surface area contributed by atoms with E-state index in [1.807, 2.05) is 59.1 Å². The quantitative estimate of drug-likeness (QED) is 0.708. The number of fused-ring (bicyclic) bond motifs is 2. The van der Waals surface area contributed by atoms with Gasteiger partial charge in [0.05, 0.1) is 16.6 Å². The number of amides is 1. The third-order valence-corrected chi connectivity index (χ3v) is 6.26. The minimum Gasteiger partial charge on any atom is -0.297 e. The normalized spacial score (nSPS) is 22.3. The molecule has 130 valence electrons. The van der Waals surface area contributed by atoms with E-state index in [4.69, 9.17) is 0 Å². The van der Waals surface area contributed by atoms with E-state index in [0.29, 0.717) is 0 Å². The fourth-order valence-corrected chi connectivity index (χ4v) is 4.94. The molecule has 5 heteroatoms. The Labute approximate surface area is 156 Å². The van der Waals surface area contributed by atoms with Gasteiger partial charge in [-0.2, -0.15) is 0 Å². The molecule has 1 saturated heterocycles. The van der Waals surface area contributed by atoms with E-state index in [2.05, 4.69) is 22.0 Å². The van der Waals surface area contributed by atoms with Crippen molar-refractivity contribution in [2.45, 2.75) is 18.4 Å². The number of hydrogen-bond acceptors (Lipinski definition) is 4. The minimum absolute atomic E-state index is 0.205. The van der Waals surface area contributed by atoms with Gasteiger partial charge in [-0.15, -0.1) is 11.3 Å². The first kappa shape index (κ1) is 15.7. The van der Waals surface area contributed by atoms with E-state index in [1.54, 1.807) is 11.3 Å². The molecule has 2 aliphatic rings. The monoisotopic (exact) mass is 361 g/mol. The topological polar surface area (TPSA) is 36.4 Å². The first-order valence-electron chi connectivity index (χ1n) is 8.87. The molecule has 1 spiro atoms. The second kappa shape index (κ2) is 6.04. The Morgan fingerprint density at radius 1 is 1.08 bits per heavy atom. The number of thiazole rings is 1. The van der Waals surface area contributed by atoms with Crippen LogP contribution in [0.5, 0.6) is 0 Å². The van der Waals surface area contributed by atoms with Crippen LogP contribution in [0.4, 0.5) is 11.4 Å². The van der Waals surface area contributed by atoms with E-state index in [1.165, 1.54) is 10.4 Å². The van der Waals surface area contributed by atoms with Crippen molar-refractivity contribution < 1.29 is 4.79 Å². The van der Waals surface area contributed by atoms with Crippen molar-refractivity contribution in [3.05, 3.63) is 76.7 Å². The molecule has 3 aromatic rings. The highest BCUT2D eigenvalue weighted by Crippen LogP contribution is 2.50. The fraction of sp³-hybridized carbons (Fsp3) is 0.238. The van der Waals surface area contributed by atoms with Crippen LogP contribution in [0.3, 0.4) is 0 Å². The van der Waals surface area contributed by atoms with Crippen molar-refractivity contribution in [3.8, 4) is 0 Å². The summed E-state index contributed by atoms with van der Waals surface area (Å²) in [5.41, 5.74) is 4.58. The zero-order chi connectivity index (χ0) is 17.6. The van der Waals surface area contributed by atoms with Crippen LogP contribution in [0, 0.1) is 0 Å². The van der Waals surface area contributed by atoms with Gasteiger partial charge < -0.3 is 0 Å². The molecule has 1 fully saturated rings. The SMILES string of the molecule is O=C1N(c2ccccc2)c2ccccc2C12CCN(Cc1cncs1)C2. The summed E-state index contributed by atoms with van der Waals surface area (Å²) in [6.07, 6.45) is 2.79. The number of hydrogen-bond donors (Lipinski definition) is 0. The van der Waals surface area contributed by atoms with E-state index < -0.39 is 5.41 Å². The summed E-state index contributed by atoms with van der Waals surface area (Å²) in [6, 6.07) is 18.3. The van der Waals surface area contributed by atoms with Crippen LogP contribution in [0.1, 0.15) is 16.9 Å². The average molecular weight is 361 g/mol. The Morgan fingerprint density at radius 3 is 2.69 bits per heavy atom. The van der Waals surface area contributed by atoms with Gasteiger partial charge in [-0.1, -0.05) is 36.4 Å². The Hall–Kier alpha value is -2.50. The lowest BCUT2D eigenvalue weighted by Gasteiger charge is -2.24. The molecular weight excluding hydrogens is 342 g/mol. The molecule has 3 heterocycles. The number of carbonyl (C=O) groups excluding carboxylic acids is 1. The molecule has 1 atom stereocenters. The maximum atomic E-state index is 13.6. The Bertz CT molecular complexity index is 941. The number of carbonyl (C=O) groups is 1. The second-order valence-electron chi connectivity index (χ2n) is 7.00. The number of rotatable bonds is 3. The van der Waals surface area contributed by atoms with E-state index >= 15 is 0 Å². The maximum absolute atomic E-state index is 13.6. The van der Waals surface area contributed by atoms with Crippen molar-refractivity contribution in [3.63, 3.8) is 0 Å². The molecule has 1 amide bonds. The number of likely N-dealkylation sites (tertiary alicyclic amines) is 1. The number of para-hydroxylation sites is 2. The zero-order valence-corrected chi connectivity index (χ0v) is 15.2. The van der Waals surface area contributed by atoms with E-state index in [9.17, 15) is 4.79 Å². The van der Waals surface area contributed by atoms with Crippen LogP contribution in [-0.2, 0) is 16.8 Å². The van der Waals surface area contributed by atoms with Gasteiger partial charge in [-0.05, 0) is 36.7 Å². The minimum atomic E-state index is -0.433. The van der Waals surface area contributed by atoms with Crippen LogP contribution in [-0.4, -0.2) is 28.9 Å². The van der Waals surface area contributed by atoms with Gasteiger partial charge in [0.1, 0.15) is 0 Å². The molecule has 26 heavy (non-hydrogen) atoms. The Morgan fingerprint density at radius 2 is 1.88 bits per heavy atom. The van der Waals surface area contributed by atoms with Gasteiger partial charge in [0.2, 0.25) is 5.91 Å². The van der Waals surface area contributed by atoms with Crippen LogP contribution in [0.25, 0.3) is 0 Å². The summed E-state index contributed by atoms with van der Waals surface area (Å²) in [7, 11) is 0. The highest BCUT2D eigenvalue weighted by atomic mass is 32.1. The van der Waals surface area contributed by atoms with Gasteiger partial charge in [0, 0.05) is 29.9 Å². The summed E-state index contributed by atoms with van der Waals surface area (Å²) in [4.78, 5) is 23.3. The highest BCUT2D eigenvalue weighted by molar-refractivity contribution is 7.09. The summed E-state index contributed by atoms with van der Waals surface area (Å²) in [6.45, 7) is 2.57. The molecule has 0 saturated carbocycles. The number of nitrogens with zero attached hydrogens (tertiary/aromatic N) is 3. The molecule has 0 N–H and O–H groups in total. The molecule has 4 nitrogen and oxygen atoms in total. The van der Waals surface area contributed by atoms with Gasteiger partial charge in [-0.25, -0.2) is 0 Å². The molecule has 1 unspecified atom stereocenters. The molecule has 0 aliphatic carbocycles. The molecule has 0 bridgehead atoms. The maximum Gasteiger partial charge on any atom is 0.243 e. The van der Waals surface area contributed by atoms with Gasteiger partial charge in [-0.3, -0.25) is 19.6 Å². The lowest BCUT2D eigenvalue weighted by atomic mass is 9.81. The molecule has 1 aromatic heterocycles. The van der Waals surface area contributed by atoms with Crippen molar-refractivity contribution in [1.82, 2.24) is 9.88 Å². The molecular formula is C21H19N3OS. The second-order valence-corrected chi connectivity index (χ2v) is 7.97. The number of benzene rings is 2. The Balaban J connectivity index is 1.53. The largest absolute Gasteiger partial charge is 0.297 e. The Kier molecular flexibility index (Phi) is 3.65. The first-order chi connectivity index (χ1) is 12.8. The van der Waals surface area contributed by atoms with Crippen LogP contribution >= 0.6 is 11.3 Å². The van der Waals surface area contributed by atoms with Crippen LogP contribution < -0.4 is 4.90 Å². The molecule has 2 aromatic carbocycles. The van der Waals surface area contributed by atoms with Crippen molar-refractivity contribution >= 4 is 28.6 Å². The summed E-state index contributed by atoms with van der Waals surface area (Å²) in [5, 5.41) is 0. The summed E-state index contributed by atoms with van der Waals surface area (Å²) < 4.78 is 0. The predicted octanol–water partition coefficient (Wildman–Crippen LogP) is 3.97. The first-order valence-corrected chi connectivity index (χ1v) is 9.75. The summed E-state index contributed by atoms with van der Waals surface area (Å²) >= 11 is 1.68. The van der Waals surface area contributed by atoms with E-state index in [0.717, 1.165) is 37.4 Å². The van der Waals surface area contributed by atoms with Crippen LogP contribution in [0.2, 0.25) is 0 Å². The lowest BCUT2D eigenvalue weighted by molar-refractivity contribution is -0.122. The zero-order valence-electron chi connectivity index (χ0n) is 14.3. The molecule has 5 rings (SSSR count).